The summed E-state index contributed by atoms with van der Waals surface area (Å²) in [5.41, 5.74) is 13.1. The van der Waals surface area contributed by atoms with Gasteiger partial charge in [0.2, 0.25) is 0 Å². The third-order valence-corrected chi connectivity index (χ3v) is 2.86. The number of hydrogen-bond acceptors (Lipinski definition) is 5. The third-order valence-electron chi connectivity index (χ3n) is 2.19. The molecule has 0 aliphatic carbocycles. The molecule has 1 amide bonds. The first-order valence-corrected chi connectivity index (χ1v) is 5.87. The average Bonchev–Trinajstić information content (AvgIpc) is 2.75. The van der Waals surface area contributed by atoms with E-state index in [1.54, 1.807) is 17.5 Å². The van der Waals surface area contributed by atoms with Gasteiger partial charge in [0, 0.05) is 17.6 Å². The lowest BCUT2D eigenvalue weighted by Crippen LogP contribution is -2.23. The molecule has 0 aliphatic rings. The maximum absolute atomic E-state index is 11.7. The third kappa shape index (κ3) is 2.94. The number of aromatic nitrogens is 1. The van der Waals surface area contributed by atoms with E-state index in [9.17, 15) is 4.79 Å². The second-order valence-corrected chi connectivity index (χ2v) is 4.38. The quantitative estimate of drug-likeness (QED) is 0.712. The zero-order chi connectivity index (χ0) is 12.3. The Bertz CT molecular complexity index is 521. The molecule has 1 heterocycles. The Morgan fingerprint density at radius 2 is 2.00 bits per heavy atom. The van der Waals surface area contributed by atoms with Crippen molar-refractivity contribution in [1.82, 2.24) is 10.3 Å². The van der Waals surface area contributed by atoms with Crippen molar-refractivity contribution < 1.29 is 4.79 Å². The highest BCUT2D eigenvalue weighted by Gasteiger charge is 2.08. The van der Waals surface area contributed by atoms with Crippen molar-refractivity contribution in [3.8, 4) is 0 Å². The average molecular weight is 248 g/mol. The van der Waals surface area contributed by atoms with Gasteiger partial charge in [-0.3, -0.25) is 4.79 Å². The number of carbonyl (C=O) groups excluding carboxylic acids is 1. The van der Waals surface area contributed by atoms with Crippen LogP contribution in [0.1, 0.15) is 16.1 Å². The Kier molecular flexibility index (Phi) is 3.24. The lowest BCUT2D eigenvalue weighted by atomic mass is 10.2. The minimum absolute atomic E-state index is 0.227. The Balaban J connectivity index is 1.94. The van der Waals surface area contributed by atoms with Crippen molar-refractivity contribution in [1.29, 1.82) is 0 Å². The van der Waals surface area contributed by atoms with Crippen molar-refractivity contribution >= 4 is 28.1 Å². The van der Waals surface area contributed by atoms with Gasteiger partial charge in [-0.2, -0.15) is 0 Å². The molecule has 0 saturated heterocycles. The van der Waals surface area contributed by atoms with Gasteiger partial charge in [-0.1, -0.05) is 12.1 Å². The Morgan fingerprint density at radius 1 is 1.29 bits per heavy atom. The molecule has 0 unspecified atom stereocenters. The minimum atomic E-state index is -0.227. The van der Waals surface area contributed by atoms with Gasteiger partial charge in [0.05, 0.1) is 0 Å². The van der Waals surface area contributed by atoms with Crippen LogP contribution in [0.5, 0.6) is 0 Å². The summed E-state index contributed by atoms with van der Waals surface area (Å²) < 4.78 is 0. The van der Waals surface area contributed by atoms with E-state index >= 15 is 0 Å². The van der Waals surface area contributed by atoms with Gasteiger partial charge in [-0.05, 0) is 17.7 Å². The van der Waals surface area contributed by atoms with E-state index in [1.165, 1.54) is 11.3 Å². The molecule has 0 bridgehead atoms. The largest absolute Gasteiger partial charge is 0.399 e. The fourth-order valence-corrected chi connectivity index (χ4v) is 1.84. The fourth-order valence-electron chi connectivity index (χ4n) is 1.30. The molecule has 1 aromatic heterocycles. The molecule has 0 atom stereocenters. The number of carbonyl (C=O) groups is 1. The van der Waals surface area contributed by atoms with E-state index in [2.05, 4.69) is 10.3 Å². The van der Waals surface area contributed by atoms with Crippen LogP contribution in [0.4, 0.5) is 10.8 Å². The number of thiazole rings is 1. The molecule has 17 heavy (non-hydrogen) atoms. The summed E-state index contributed by atoms with van der Waals surface area (Å²) in [5, 5.41) is 4.78. The van der Waals surface area contributed by atoms with Crippen LogP contribution < -0.4 is 16.8 Å². The smallest absolute Gasteiger partial charge is 0.271 e. The fraction of sp³-hybridized carbons (Fsp3) is 0.0909. The highest BCUT2D eigenvalue weighted by molar-refractivity contribution is 7.13. The second kappa shape index (κ2) is 4.84. The predicted molar refractivity (Wildman–Crippen MR) is 68.6 cm³/mol. The van der Waals surface area contributed by atoms with Crippen molar-refractivity contribution in [2.45, 2.75) is 6.54 Å². The molecule has 5 N–H and O–H groups in total. The number of nitrogens with one attached hydrogen (secondary N) is 1. The van der Waals surface area contributed by atoms with E-state index in [0.29, 0.717) is 23.1 Å². The number of amides is 1. The zero-order valence-corrected chi connectivity index (χ0v) is 9.83. The highest BCUT2D eigenvalue weighted by atomic mass is 32.1. The van der Waals surface area contributed by atoms with Gasteiger partial charge in [-0.25, -0.2) is 4.98 Å². The summed E-state index contributed by atoms with van der Waals surface area (Å²) in [6.45, 7) is 0.441. The van der Waals surface area contributed by atoms with E-state index in [-0.39, 0.29) is 5.91 Å². The van der Waals surface area contributed by atoms with Gasteiger partial charge >= 0.3 is 0 Å². The standard InChI is InChI=1S/C11H12N4OS/c12-8-3-1-7(2-4-8)5-14-10(16)9-6-17-11(13)15-9/h1-4,6H,5,12H2,(H2,13,15)(H,14,16). The molecular weight excluding hydrogens is 236 g/mol. The number of hydrogen-bond donors (Lipinski definition) is 3. The highest BCUT2D eigenvalue weighted by Crippen LogP contribution is 2.11. The lowest BCUT2D eigenvalue weighted by Gasteiger charge is -2.03. The van der Waals surface area contributed by atoms with Gasteiger partial charge in [0.25, 0.3) is 5.91 Å². The SMILES string of the molecule is Nc1ccc(CNC(=O)c2csc(N)n2)cc1. The normalized spacial score (nSPS) is 10.1. The molecule has 88 valence electrons. The van der Waals surface area contributed by atoms with Crippen LogP contribution in [0.15, 0.2) is 29.6 Å². The van der Waals surface area contributed by atoms with Crippen molar-refractivity contribution in [2.75, 3.05) is 11.5 Å². The first kappa shape index (κ1) is 11.4. The van der Waals surface area contributed by atoms with Gasteiger partial charge in [-0.15, -0.1) is 11.3 Å². The van der Waals surface area contributed by atoms with E-state index in [1.807, 2.05) is 12.1 Å². The monoisotopic (exact) mass is 248 g/mol. The molecule has 6 heteroatoms. The number of nitrogens with zero attached hydrogens (tertiary/aromatic N) is 1. The summed E-state index contributed by atoms with van der Waals surface area (Å²) in [5.74, 6) is -0.227. The van der Waals surface area contributed by atoms with Gasteiger partial charge < -0.3 is 16.8 Å². The number of rotatable bonds is 3. The molecule has 2 rings (SSSR count). The summed E-state index contributed by atoms with van der Waals surface area (Å²) in [4.78, 5) is 15.6. The van der Waals surface area contributed by atoms with Crippen LogP contribution in [0, 0.1) is 0 Å². The number of nitrogens with two attached hydrogens (primary N) is 2. The summed E-state index contributed by atoms with van der Waals surface area (Å²) in [6.07, 6.45) is 0. The van der Waals surface area contributed by atoms with Crippen LogP contribution in [-0.4, -0.2) is 10.9 Å². The Morgan fingerprint density at radius 3 is 2.59 bits per heavy atom. The van der Waals surface area contributed by atoms with Gasteiger partial charge in [0.15, 0.2) is 5.13 Å². The lowest BCUT2D eigenvalue weighted by molar-refractivity contribution is 0.0946. The number of anilines is 2. The van der Waals surface area contributed by atoms with E-state index < -0.39 is 0 Å². The van der Waals surface area contributed by atoms with Crippen molar-refractivity contribution in [3.63, 3.8) is 0 Å². The molecule has 1 aromatic carbocycles. The number of nitrogen functional groups attached to an aromatic ring is 2. The summed E-state index contributed by atoms with van der Waals surface area (Å²) in [6, 6.07) is 7.32. The zero-order valence-electron chi connectivity index (χ0n) is 9.01. The molecule has 0 saturated carbocycles. The van der Waals surface area contributed by atoms with Crippen LogP contribution in [0.25, 0.3) is 0 Å². The van der Waals surface area contributed by atoms with E-state index in [4.69, 9.17) is 11.5 Å². The van der Waals surface area contributed by atoms with Crippen LogP contribution in [0.3, 0.4) is 0 Å². The molecule has 0 aliphatic heterocycles. The Labute approximate surface area is 102 Å². The molecule has 2 aromatic rings. The topological polar surface area (TPSA) is 94.0 Å². The molecule has 5 nitrogen and oxygen atoms in total. The van der Waals surface area contributed by atoms with Crippen molar-refractivity contribution in [3.05, 3.63) is 40.9 Å². The Hall–Kier alpha value is -2.08. The second-order valence-electron chi connectivity index (χ2n) is 3.50. The minimum Gasteiger partial charge on any atom is -0.399 e. The van der Waals surface area contributed by atoms with E-state index in [0.717, 1.165) is 5.56 Å². The van der Waals surface area contributed by atoms with Crippen LogP contribution >= 0.6 is 11.3 Å². The molecular formula is C11H12N4OS. The molecule has 0 fully saturated rings. The predicted octanol–water partition coefficient (Wildman–Crippen LogP) is 1.24. The van der Waals surface area contributed by atoms with Crippen molar-refractivity contribution in [2.24, 2.45) is 0 Å². The van der Waals surface area contributed by atoms with Crippen LogP contribution in [0.2, 0.25) is 0 Å². The van der Waals surface area contributed by atoms with Gasteiger partial charge in [0.1, 0.15) is 5.69 Å². The van der Waals surface area contributed by atoms with Crippen LogP contribution in [-0.2, 0) is 6.54 Å². The summed E-state index contributed by atoms with van der Waals surface area (Å²) >= 11 is 1.25. The molecule has 0 spiro atoms. The number of benzene rings is 1. The maximum atomic E-state index is 11.7. The summed E-state index contributed by atoms with van der Waals surface area (Å²) in [7, 11) is 0. The maximum Gasteiger partial charge on any atom is 0.271 e. The first-order chi connectivity index (χ1) is 8.15. The molecule has 0 radical (unpaired) electrons. The first-order valence-electron chi connectivity index (χ1n) is 4.99.